The zero-order chi connectivity index (χ0) is 19.7. The minimum atomic E-state index is 0.137. The zero-order valence-corrected chi connectivity index (χ0v) is 16.8. The van der Waals surface area contributed by atoms with Crippen LogP contribution < -0.4 is 4.90 Å². The molecule has 3 aromatic rings. The molecule has 0 atom stereocenters. The number of piperazine rings is 1. The Kier molecular flexibility index (Phi) is 4.95. The first-order valence-electron chi connectivity index (χ1n) is 9.88. The minimum absolute atomic E-state index is 0.137. The normalized spacial score (nSPS) is 14.4. The maximum atomic E-state index is 13.1. The summed E-state index contributed by atoms with van der Waals surface area (Å²) in [5.74, 6) is 0.137. The Bertz CT molecular complexity index is 983. The Morgan fingerprint density at radius 2 is 1.64 bits per heavy atom. The summed E-state index contributed by atoms with van der Waals surface area (Å²) in [6.45, 7) is 9.56. The zero-order valence-electron chi connectivity index (χ0n) is 16.8. The quantitative estimate of drug-likeness (QED) is 0.730. The Balaban J connectivity index is 1.45. The maximum absolute atomic E-state index is 13.1. The van der Waals surface area contributed by atoms with Gasteiger partial charge in [-0.3, -0.25) is 4.79 Å². The molecule has 1 fully saturated rings. The fourth-order valence-electron chi connectivity index (χ4n) is 4.07. The Morgan fingerprint density at radius 3 is 2.29 bits per heavy atom. The smallest absolute Gasteiger partial charge is 0.254 e. The van der Waals surface area contributed by atoms with Gasteiger partial charge in [-0.15, -0.1) is 0 Å². The molecule has 2 aromatic carbocycles. The molecule has 0 aliphatic carbocycles. The largest absolute Gasteiger partial charge is 0.368 e. The molecule has 0 radical (unpaired) electrons. The maximum Gasteiger partial charge on any atom is 0.254 e. The predicted molar refractivity (Wildman–Crippen MR) is 115 cm³/mol. The van der Waals surface area contributed by atoms with Gasteiger partial charge in [-0.1, -0.05) is 29.8 Å². The van der Waals surface area contributed by atoms with Gasteiger partial charge in [0.15, 0.2) is 0 Å². The van der Waals surface area contributed by atoms with Crippen molar-refractivity contribution in [2.75, 3.05) is 31.1 Å². The predicted octanol–water partition coefficient (Wildman–Crippen LogP) is 4.57. The second kappa shape index (κ2) is 7.55. The van der Waals surface area contributed by atoms with Gasteiger partial charge in [0.25, 0.3) is 5.91 Å². The lowest BCUT2D eigenvalue weighted by Gasteiger charge is -2.37. The molecule has 1 saturated heterocycles. The van der Waals surface area contributed by atoms with Gasteiger partial charge in [-0.05, 0) is 61.2 Å². The van der Waals surface area contributed by atoms with Gasteiger partial charge in [0.2, 0.25) is 0 Å². The molecule has 0 spiro atoms. The van der Waals surface area contributed by atoms with Crippen LogP contribution >= 0.6 is 0 Å². The Labute approximate surface area is 166 Å². The SMILES string of the molecule is Cc1ccc(N2CCN(C(=O)c3ccc(-c4cc[nH]c4)cc3C)CC2)c(C)c1. The van der Waals surface area contributed by atoms with Crippen LogP contribution in [0.1, 0.15) is 27.0 Å². The average Bonchev–Trinajstić information content (AvgIpc) is 3.22. The number of anilines is 1. The van der Waals surface area contributed by atoms with E-state index in [1.54, 1.807) is 0 Å². The first-order chi connectivity index (χ1) is 13.5. The van der Waals surface area contributed by atoms with Gasteiger partial charge in [0.05, 0.1) is 0 Å². The van der Waals surface area contributed by atoms with Gasteiger partial charge in [-0.25, -0.2) is 0 Å². The van der Waals surface area contributed by atoms with E-state index < -0.39 is 0 Å². The van der Waals surface area contributed by atoms with E-state index in [0.717, 1.165) is 48.4 Å². The molecule has 0 bridgehead atoms. The van der Waals surface area contributed by atoms with Gasteiger partial charge in [-0.2, -0.15) is 0 Å². The molecule has 4 nitrogen and oxygen atoms in total. The van der Waals surface area contributed by atoms with Crippen molar-refractivity contribution in [3.8, 4) is 11.1 Å². The number of aromatic nitrogens is 1. The van der Waals surface area contributed by atoms with Gasteiger partial charge >= 0.3 is 0 Å². The number of aromatic amines is 1. The molecule has 1 aliphatic rings. The van der Waals surface area contributed by atoms with Gasteiger partial charge in [0.1, 0.15) is 0 Å². The van der Waals surface area contributed by atoms with E-state index >= 15 is 0 Å². The van der Waals surface area contributed by atoms with Crippen LogP contribution in [0.25, 0.3) is 11.1 Å². The van der Waals surface area contributed by atoms with Crippen LogP contribution in [0.3, 0.4) is 0 Å². The first-order valence-corrected chi connectivity index (χ1v) is 9.88. The molecule has 0 saturated carbocycles. The summed E-state index contributed by atoms with van der Waals surface area (Å²) < 4.78 is 0. The second-order valence-electron chi connectivity index (χ2n) is 7.70. The molecule has 4 heteroatoms. The summed E-state index contributed by atoms with van der Waals surface area (Å²) in [7, 11) is 0. The van der Waals surface area contributed by atoms with Crippen molar-refractivity contribution in [2.24, 2.45) is 0 Å². The van der Waals surface area contributed by atoms with Crippen molar-refractivity contribution in [1.82, 2.24) is 9.88 Å². The highest BCUT2D eigenvalue weighted by Crippen LogP contribution is 2.25. The van der Waals surface area contributed by atoms with Crippen molar-refractivity contribution >= 4 is 11.6 Å². The number of nitrogens with one attached hydrogen (secondary N) is 1. The van der Waals surface area contributed by atoms with Crippen molar-refractivity contribution in [2.45, 2.75) is 20.8 Å². The summed E-state index contributed by atoms with van der Waals surface area (Å²) in [6, 6.07) is 14.7. The fraction of sp³-hybridized carbons (Fsp3) is 0.292. The van der Waals surface area contributed by atoms with E-state index in [2.05, 4.69) is 48.0 Å². The van der Waals surface area contributed by atoms with E-state index in [1.165, 1.54) is 16.8 Å². The van der Waals surface area contributed by atoms with Crippen molar-refractivity contribution in [1.29, 1.82) is 0 Å². The number of hydrogen-bond acceptors (Lipinski definition) is 2. The number of aryl methyl sites for hydroxylation is 3. The van der Waals surface area contributed by atoms with Gasteiger partial charge in [0, 0.05) is 49.8 Å². The number of carbonyl (C=O) groups excluding carboxylic acids is 1. The highest BCUT2D eigenvalue weighted by Gasteiger charge is 2.24. The van der Waals surface area contributed by atoms with E-state index in [1.807, 2.05) is 42.4 Å². The number of hydrogen-bond donors (Lipinski definition) is 1. The first kappa shape index (κ1) is 18.4. The van der Waals surface area contributed by atoms with Crippen molar-refractivity contribution < 1.29 is 4.79 Å². The molecule has 1 aliphatic heterocycles. The van der Waals surface area contributed by atoms with Crippen LogP contribution in [0.2, 0.25) is 0 Å². The highest BCUT2D eigenvalue weighted by molar-refractivity contribution is 5.96. The van der Waals surface area contributed by atoms with Crippen LogP contribution in [0, 0.1) is 20.8 Å². The third-order valence-corrected chi connectivity index (χ3v) is 5.65. The lowest BCUT2D eigenvalue weighted by atomic mass is 10.0. The minimum Gasteiger partial charge on any atom is -0.368 e. The van der Waals surface area contributed by atoms with E-state index in [4.69, 9.17) is 0 Å². The number of H-pyrrole nitrogens is 1. The molecule has 144 valence electrons. The Hall–Kier alpha value is -3.01. The summed E-state index contributed by atoms with van der Waals surface area (Å²) in [6.07, 6.45) is 3.89. The summed E-state index contributed by atoms with van der Waals surface area (Å²) in [5.41, 5.74) is 7.98. The molecule has 28 heavy (non-hydrogen) atoms. The third kappa shape index (κ3) is 3.55. The van der Waals surface area contributed by atoms with Gasteiger partial charge < -0.3 is 14.8 Å². The number of nitrogens with zero attached hydrogens (tertiary/aromatic N) is 2. The topological polar surface area (TPSA) is 39.3 Å². The van der Waals surface area contributed by atoms with Crippen LogP contribution in [0.4, 0.5) is 5.69 Å². The molecule has 1 aromatic heterocycles. The summed E-state index contributed by atoms with van der Waals surface area (Å²) in [4.78, 5) is 20.5. The number of rotatable bonds is 3. The van der Waals surface area contributed by atoms with E-state index in [-0.39, 0.29) is 5.91 Å². The Morgan fingerprint density at radius 1 is 0.857 bits per heavy atom. The van der Waals surface area contributed by atoms with Crippen molar-refractivity contribution in [3.63, 3.8) is 0 Å². The molecule has 0 unspecified atom stereocenters. The molecule has 4 rings (SSSR count). The average molecular weight is 374 g/mol. The van der Waals surface area contributed by atoms with Crippen LogP contribution in [0.15, 0.2) is 54.9 Å². The summed E-state index contributed by atoms with van der Waals surface area (Å²) in [5, 5.41) is 0. The highest BCUT2D eigenvalue weighted by atomic mass is 16.2. The van der Waals surface area contributed by atoms with Crippen LogP contribution in [0.5, 0.6) is 0 Å². The van der Waals surface area contributed by atoms with E-state index in [0.29, 0.717) is 0 Å². The van der Waals surface area contributed by atoms with E-state index in [9.17, 15) is 4.79 Å². The molecular weight excluding hydrogens is 346 g/mol. The third-order valence-electron chi connectivity index (χ3n) is 5.65. The standard InChI is InChI=1S/C24H27N3O/c1-17-4-7-23(19(3)14-17)26-10-12-27(13-11-26)24(28)22-6-5-20(15-18(22)2)21-8-9-25-16-21/h4-9,14-16,25H,10-13H2,1-3H3. The summed E-state index contributed by atoms with van der Waals surface area (Å²) >= 11 is 0. The second-order valence-corrected chi connectivity index (χ2v) is 7.70. The molecule has 1 amide bonds. The van der Waals surface area contributed by atoms with Crippen LogP contribution in [-0.2, 0) is 0 Å². The lowest BCUT2D eigenvalue weighted by Crippen LogP contribution is -2.49. The monoisotopic (exact) mass is 373 g/mol. The van der Waals surface area contributed by atoms with Crippen LogP contribution in [-0.4, -0.2) is 42.0 Å². The van der Waals surface area contributed by atoms with Crippen molar-refractivity contribution in [3.05, 3.63) is 77.1 Å². The molecule has 1 N–H and O–H groups in total. The number of benzene rings is 2. The molecular formula is C24H27N3O. The number of amides is 1. The number of carbonyl (C=O) groups is 1. The fourth-order valence-corrected chi connectivity index (χ4v) is 4.07. The molecule has 2 heterocycles. The lowest BCUT2D eigenvalue weighted by molar-refractivity contribution is 0.0746.